The molecule has 1 aromatic rings. The standard InChI is InChI=1S/C9H9BrS2/c10-7-1-3-8(4-2-7)11-5-9-6-12-9/h1-4,9H,5-6H2/t9-/m0/s1. The van der Waals surface area contributed by atoms with Gasteiger partial charge in [-0.3, -0.25) is 0 Å². The van der Waals surface area contributed by atoms with Gasteiger partial charge in [0.2, 0.25) is 0 Å². The van der Waals surface area contributed by atoms with Crippen molar-refractivity contribution in [2.24, 2.45) is 0 Å². The van der Waals surface area contributed by atoms with E-state index >= 15 is 0 Å². The van der Waals surface area contributed by atoms with Gasteiger partial charge in [0.25, 0.3) is 0 Å². The Labute approximate surface area is 89.6 Å². The van der Waals surface area contributed by atoms with Crippen LogP contribution < -0.4 is 0 Å². The Kier molecular flexibility index (Phi) is 3.05. The summed E-state index contributed by atoms with van der Waals surface area (Å²) in [5.74, 6) is 2.63. The van der Waals surface area contributed by atoms with Crippen LogP contribution >= 0.6 is 39.5 Å². The SMILES string of the molecule is Brc1ccc(SC[C@H]2CS2)cc1. The quantitative estimate of drug-likeness (QED) is 0.601. The molecule has 0 saturated carbocycles. The third-order valence-electron chi connectivity index (χ3n) is 1.65. The van der Waals surface area contributed by atoms with Gasteiger partial charge in [-0.05, 0) is 24.3 Å². The van der Waals surface area contributed by atoms with Crippen LogP contribution in [0.25, 0.3) is 0 Å². The maximum atomic E-state index is 3.42. The van der Waals surface area contributed by atoms with Crippen molar-refractivity contribution in [2.75, 3.05) is 11.5 Å². The van der Waals surface area contributed by atoms with Crippen LogP contribution in [0.1, 0.15) is 0 Å². The van der Waals surface area contributed by atoms with Gasteiger partial charge in [-0.1, -0.05) is 15.9 Å². The molecule has 12 heavy (non-hydrogen) atoms. The highest BCUT2D eigenvalue weighted by Gasteiger charge is 2.21. The summed E-state index contributed by atoms with van der Waals surface area (Å²) in [6.07, 6.45) is 0. The van der Waals surface area contributed by atoms with Gasteiger partial charge in [0.05, 0.1) is 0 Å². The van der Waals surface area contributed by atoms with Crippen LogP contribution in [0.5, 0.6) is 0 Å². The predicted octanol–water partition coefficient (Wildman–Crippen LogP) is 3.66. The fraction of sp³-hybridized carbons (Fsp3) is 0.333. The van der Waals surface area contributed by atoms with E-state index in [9.17, 15) is 0 Å². The smallest absolute Gasteiger partial charge is 0.0232 e. The largest absolute Gasteiger partial charge is 0.156 e. The summed E-state index contributed by atoms with van der Waals surface area (Å²) in [5.41, 5.74) is 0. The molecule has 1 atom stereocenters. The van der Waals surface area contributed by atoms with E-state index in [2.05, 4.69) is 52.0 Å². The summed E-state index contributed by atoms with van der Waals surface area (Å²) in [4.78, 5) is 1.38. The van der Waals surface area contributed by atoms with Crippen LogP contribution in [0.3, 0.4) is 0 Å². The van der Waals surface area contributed by atoms with Gasteiger partial charge in [0, 0.05) is 26.1 Å². The maximum Gasteiger partial charge on any atom is 0.0232 e. The monoisotopic (exact) mass is 260 g/mol. The van der Waals surface area contributed by atoms with Crippen LogP contribution in [0.15, 0.2) is 33.6 Å². The van der Waals surface area contributed by atoms with Crippen molar-refractivity contribution >= 4 is 39.5 Å². The van der Waals surface area contributed by atoms with Crippen molar-refractivity contribution in [1.29, 1.82) is 0 Å². The van der Waals surface area contributed by atoms with Crippen molar-refractivity contribution in [3.05, 3.63) is 28.7 Å². The average molecular weight is 261 g/mol. The first kappa shape index (κ1) is 8.97. The van der Waals surface area contributed by atoms with E-state index in [0.29, 0.717) is 0 Å². The highest BCUT2D eigenvalue weighted by molar-refractivity contribution is 9.10. The molecule has 1 saturated heterocycles. The zero-order chi connectivity index (χ0) is 8.39. The summed E-state index contributed by atoms with van der Waals surface area (Å²) >= 11 is 7.44. The van der Waals surface area contributed by atoms with Crippen LogP contribution in [-0.4, -0.2) is 16.8 Å². The molecule has 64 valence electrons. The molecule has 0 unspecified atom stereocenters. The topological polar surface area (TPSA) is 0 Å². The number of hydrogen-bond donors (Lipinski definition) is 0. The molecule has 0 nitrogen and oxygen atoms in total. The van der Waals surface area contributed by atoms with Gasteiger partial charge in [-0.15, -0.1) is 11.8 Å². The molecular weight excluding hydrogens is 252 g/mol. The molecule has 0 bridgehead atoms. The van der Waals surface area contributed by atoms with E-state index in [1.807, 2.05) is 11.8 Å². The molecule has 0 N–H and O–H groups in total. The molecule has 0 spiro atoms. The summed E-state index contributed by atoms with van der Waals surface area (Å²) in [7, 11) is 0. The van der Waals surface area contributed by atoms with Crippen LogP contribution in [0.4, 0.5) is 0 Å². The van der Waals surface area contributed by atoms with E-state index < -0.39 is 0 Å². The molecule has 1 aliphatic heterocycles. The van der Waals surface area contributed by atoms with Crippen LogP contribution in [0.2, 0.25) is 0 Å². The lowest BCUT2D eigenvalue weighted by Gasteiger charge is -1.98. The lowest BCUT2D eigenvalue weighted by atomic mass is 10.4. The Morgan fingerprint density at radius 1 is 1.42 bits per heavy atom. The second kappa shape index (κ2) is 4.07. The Balaban J connectivity index is 1.89. The highest BCUT2D eigenvalue weighted by Crippen LogP contribution is 2.35. The number of thioether (sulfide) groups is 2. The highest BCUT2D eigenvalue weighted by atomic mass is 79.9. The zero-order valence-electron chi connectivity index (χ0n) is 6.50. The van der Waals surface area contributed by atoms with Crippen LogP contribution in [-0.2, 0) is 0 Å². The molecule has 1 heterocycles. The first-order valence-corrected chi connectivity index (χ1v) is 6.67. The molecule has 3 heteroatoms. The minimum absolute atomic E-state index is 0.929. The fourth-order valence-corrected chi connectivity index (χ4v) is 2.97. The molecule has 1 aromatic carbocycles. The van der Waals surface area contributed by atoms with Crippen molar-refractivity contribution in [2.45, 2.75) is 10.1 Å². The van der Waals surface area contributed by atoms with Crippen molar-refractivity contribution in [1.82, 2.24) is 0 Å². The van der Waals surface area contributed by atoms with Gasteiger partial charge < -0.3 is 0 Å². The summed E-state index contributed by atoms with van der Waals surface area (Å²) < 4.78 is 1.16. The van der Waals surface area contributed by atoms with Crippen molar-refractivity contribution in [3.8, 4) is 0 Å². The summed E-state index contributed by atoms with van der Waals surface area (Å²) in [6.45, 7) is 0. The molecule has 0 aliphatic carbocycles. The van der Waals surface area contributed by atoms with E-state index in [1.54, 1.807) is 0 Å². The van der Waals surface area contributed by atoms with Gasteiger partial charge in [0.15, 0.2) is 0 Å². The van der Waals surface area contributed by atoms with Gasteiger partial charge >= 0.3 is 0 Å². The van der Waals surface area contributed by atoms with E-state index in [4.69, 9.17) is 0 Å². The Morgan fingerprint density at radius 2 is 2.08 bits per heavy atom. The lowest BCUT2D eigenvalue weighted by Crippen LogP contribution is -1.86. The second-order valence-electron chi connectivity index (χ2n) is 2.72. The van der Waals surface area contributed by atoms with E-state index in [-0.39, 0.29) is 0 Å². The van der Waals surface area contributed by atoms with Crippen molar-refractivity contribution < 1.29 is 0 Å². The predicted molar refractivity (Wildman–Crippen MR) is 61.1 cm³/mol. The first-order valence-electron chi connectivity index (χ1n) is 3.84. The zero-order valence-corrected chi connectivity index (χ0v) is 9.71. The maximum absolute atomic E-state index is 3.42. The molecule has 1 aliphatic rings. The Morgan fingerprint density at radius 3 is 2.67 bits per heavy atom. The molecule has 0 radical (unpaired) electrons. The molecular formula is C9H9BrS2. The average Bonchev–Trinajstić information content (AvgIpc) is 2.87. The molecule has 0 amide bonds. The van der Waals surface area contributed by atoms with Gasteiger partial charge in [0.1, 0.15) is 0 Å². The molecule has 1 fully saturated rings. The lowest BCUT2D eigenvalue weighted by molar-refractivity contribution is 1.26. The van der Waals surface area contributed by atoms with Gasteiger partial charge in [-0.2, -0.15) is 11.8 Å². The summed E-state index contributed by atoms with van der Waals surface area (Å²) in [5, 5.41) is 0.929. The van der Waals surface area contributed by atoms with Crippen molar-refractivity contribution in [3.63, 3.8) is 0 Å². The second-order valence-corrected chi connectivity index (χ2v) is 6.06. The Bertz CT molecular complexity index is 254. The first-order chi connectivity index (χ1) is 5.84. The minimum atomic E-state index is 0.929. The third-order valence-corrected chi connectivity index (χ3v) is 4.54. The third kappa shape index (κ3) is 2.71. The number of benzene rings is 1. The molecule has 0 aromatic heterocycles. The minimum Gasteiger partial charge on any atom is -0.156 e. The fourth-order valence-electron chi connectivity index (χ4n) is 0.884. The van der Waals surface area contributed by atoms with E-state index in [1.165, 1.54) is 16.4 Å². The normalized spacial score (nSPS) is 20.9. The van der Waals surface area contributed by atoms with Crippen LogP contribution in [0, 0.1) is 0 Å². The summed E-state index contributed by atoms with van der Waals surface area (Å²) in [6, 6.07) is 8.54. The van der Waals surface area contributed by atoms with E-state index in [0.717, 1.165) is 9.72 Å². The van der Waals surface area contributed by atoms with Gasteiger partial charge in [-0.25, -0.2) is 0 Å². The number of hydrogen-bond acceptors (Lipinski definition) is 2. The number of rotatable bonds is 3. The Hall–Kier alpha value is 0.400. The number of halogens is 1. The molecule has 2 rings (SSSR count).